The van der Waals surface area contributed by atoms with E-state index < -0.39 is 0 Å². The fourth-order valence-corrected chi connectivity index (χ4v) is 4.67. The van der Waals surface area contributed by atoms with Crippen LogP contribution in [0.2, 0.25) is 0 Å². The topological polar surface area (TPSA) is 6.48 Å². The van der Waals surface area contributed by atoms with E-state index in [2.05, 4.69) is 70.7 Å². The Morgan fingerprint density at radius 1 is 0.792 bits per heavy atom. The Bertz CT molecular complexity index is 670. The second kappa shape index (κ2) is 6.42. The van der Waals surface area contributed by atoms with Crippen molar-refractivity contribution in [1.82, 2.24) is 4.42 Å². The maximum absolute atomic E-state index is 6.47. The molecular formula is C21H27ClN2. The fraction of sp³-hybridized carbons (Fsp3) is 0.429. The number of hydrogen-bond acceptors (Lipinski definition) is 2. The second-order valence-corrected chi connectivity index (χ2v) is 7.81. The van der Waals surface area contributed by atoms with Crippen LogP contribution in [-0.2, 0) is 0 Å². The first-order valence-corrected chi connectivity index (χ1v) is 8.94. The minimum Gasteiger partial charge on any atom is -0.348 e. The van der Waals surface area contributed by atoms with E-state index >= 15 is 0 Å². The van der Waals surface area contributed by atoms with Gasteiger partial charge in [-0.15, -0.1) is 0 Å². The van der Waals surface area contributed by atoms with Gasteiger partial charge in [-0.25, -0.2) is 0 Å². The molecule has 2 aromatic rings. The summed E-state index contributed by atoms with van der Waals surface area (Å²) in [4.78, 5) is 2.47. The summed E-state index contributed by atoms with van der Waals surface area (Å²) in [5.74, 6) is 0. The highest BCUT2D eigenvalue weighted by Gasteiger charge is 2.34. The van der Waals surface area contributed by atoms with Gasteiger partial charge in [0.15, 0.2) is 0 Å². The average molecular weight is 343 g/mol. The zero-order valence-corrected chi connectivity index (χ0v) is 16.3. The summed E-state index contributed by atoms with van der Waals surface area (Å²) in [6, 6.07) is 9.40. The molecule has 3 heteroatoms. The van der Waals surface area contributed by atoms with Gasteiger partial charge in [0, 0.05) is 12.2 Å². The van der Waals surface area contributed by atoms with E-state index in [0.29, 0.717) is 6.04 Å². The van der Waals surface area contributed by atoms with Crippen molar-refractivity contribution in [3.8, 4) is 0 Å². The summed E-state index contributed by atoms with van der Waals surface area (Å²) in [5, 5.41) is 0. The lowest BCUT2D eigenvalue weighted by Gasteiger charge is -2.31. The lowest BCUT2D eigenvalue weighted by molar-refractivity contribution is 0.555. The van der Waals surface area contributed by atoms with Crippen molar-refractivity contribution in [1.29, 1.82) is 0 Å². The van der Waals surface area contributed by atoms with E-state index in [1.54, 1.807) is 0 Å². The second-order valence-electron chi connectivity index (χ2n) is 7.33. The number of nitrogens with zero attached hydrogens (tertiary/aromatic N) is 2. The molecule has 1 atom stereocenters. The van der Waals surface area contributed by atoms with Crippen molar-refractivity contribution in [3.05, 3.63) is 63.2 Å². The third-order valence-electron chi connectivity index (χ3n) is 5.05. The highest BCUT2D eigenvalue weighted by Crippen LogP contribution is 2.40. The van der Waals surface area contributed by atoms with Crippen LogP contribution in [0.1, 0.15) is 45.0 Å². The summed E-state index contributed by atoms with van der Waals surface area (Å²) in [6.45, 7) is 14.8. The molecule has 1 fully saturated rings. The van der Waals surface area contributed by atoms with Crippen LogP contribution >= 0.6 is 11.8 Å². The molecule has 128 valence electrons. The van der Waals surface area contributed by atoms with Crippen LogP contribution in [0.3, 0.4) is 0 Å². The summed E-state index contributed by atoms with van der Waals surface area (Å²) >= 11 is 6.47. The minimum absolute atomic E-state index is 0.295. The smallest absolute Gasteiger partial charge is 0.0857 e. The molecule has 1 aliphatic rings. The van der Waals surface area contributed by atoms with Crippen LogP contribution in [0, 0.1) is 41.5 Å². The van der Waals surface area contributed by atoms with Crippen molar-refractivity contribution in [2.45, 2.75) is 47.6 Å². The first kappa shape index (κ1) is 17.3. The van der Waals surface area contributed by atoms with E-state index in [1.165, 1.54) is 44.6 Å². The Labute approximate surface area is 151 Å². The van der Waals surface area contributed by atoms with Gasteiger partial charge in [-0.3, -0.25) is 0 Å². The first-order chi connectivity index (χ1) is 11.3. The van der Waals surface area contributed by atoms with Crippen molar-refractivity contribution in [2.75, 3.05) is 18.1 Å². The Morgan fingerprint density at radius 2 is 1.25 bits per heavy atom. The molecule has 0 radical (unpaired) electrons. The predicted molar refractivity (Wildman–Crippen MR) is 104 cm³/mol. The van der Waals surface area contributed by atoms with E-state index in [-0.39, 0.29) is 0 Å². The summed E-state index contributed by atoms with van der Waals surface area (Å²) in [7, 11) is 0. The maximum Gasteiger partial charge on any atom is 0.0857 e. The zero-order valence-electron chi connectivity index (χ0n) is 15.6. The molecule has 3 rings (SSSR count). The quantitative estimate of drug-likeness (QED) is 0.664. The van der Waals surface area contributed by atoms with Crippen LogP contribution in [0.15, 0.2) is 24.3 Å². The Kier molecular flexibility index (Phi) is 4.63. The molecule has 1 aliphatic heterocycles. The van der Waals surface area contributed by atoms with Gasteiger partial charge >= 0.3 is 0 Å². The van der Waals surface area contributed by atoms with Gasteiger partial charge in [0.2, 0.25) is 0 Å². The van der Waals surface area contributed by atoms with Gasteiger partial charge < -0.3 is 4.90 Å². The largest absolute Gasteiger partial charge is 0.348 e. The van der Waals surface area contributed by atoms with Gasteiger partial charge in [0.25, 0.3) is 0 Å². The molecule has 0 spiro atoms. The van der Waals surface area contributed by atoms with Gasteiger partial charge in [0.1, 0.15) is 0 Å². The Balaban J connectivity index is 2.12. The normalized spacial score (nSPS) is 18.5. The molecule has 0 amide bonds. The summed E-state index contributed by atoms with van der Waals surface area (Å²) < 4.78 is 1.90. The first-order valence-electron chi connectivity index (χ1n) is 8.61. The summed E-state index contributed by atoms with van der Waals surface area (Å²) in [6.07, 6.45) is 0. The number of benzene rings is 2. The molecule has 0 bridgehead atoms. The van der Waals surface area contributed by atoms with Crippen molar-refractivity contribution in [3.63, 3.8) is 0 Å². The van der Waals surface area contributed by atoms with E-state index in [1.807, 2.05) is 4.42 Å². The molecule has 1 unspecified atom stereocenters. The molecule has 1 heterocycles. The van der Waals surface area contributed by atoms with Gasteiger partial charge in [0.05, 0.1) is 12.7 Å². The lowest BCUT2D eigenvalue weighted by atomic mass is 9.92. The molecule has 0 N–H and O–H groups in total. The maximum atomic E-state index is 6.47. The Morgan fingerprint density at radius 3 is 1.75 bits per heavy atom. The summed E-state index contributed by atoms with van der Waals surface area (Å²) in [5.41, 5.74) is 10.8. The molecule has 2 aromatic carbocycles. The predicted octanol–water partition coefficient (Wildman–Crippen LogP) is 5.51. The van der Waals surface area contributed by atoms with Gasteiger partial charge in [-0.2, -0.15) is 4.42 Å². The fourth-order valence-electron chi connectivity index (χ4n) is 4.42. The van der Waals surface area contributed by atoms with Gasteiger partial charge in [-0.05, 0) is 81.1 Å². The highest BCUT2D eigenvalue weighted by atomic mass is 35.5. The molecular weight excluding hydrogens is 316 g/mol. The minimum atomic E-state index is 0.295. The number of hydrogen-bond donors (Lipinski definition) is 0. The monoisotopic (exact) mass is 342 g/mol. The Hall–Kier alpha value is -1.51. The van der Waals surface area contributed by atoms with Crippen molar-refractivity contribution in [2.24, 2.45) is 0 Å². The number of halogens is 1. The molecule has 0 aliphatic carbocycles. The standard InChI is InChI=1S/C21H27ClN2/c1-13-7-15(3)20(16(4)8-13)19-11-23(22)12-24(19)21-17(5)9-14(2)10-18(21)6/h7-10,19H,11-12H2,1-6H3. The van der Waals surface area contributed by atoms with E-state index in [4.69, 9.17) is 11.8 Å². The average Bonchev–Trinajstić information content (AvgIpc) is 2.77. The van der Waals surface area contributed by atoms with Gasteiger partial charge in [-0.1, -0.05) is 35.4 Å². The molecule has 2 nitrogen and oxygen atoms in total. The van der Waals surface area contributed by atoms with E-state index in [0.717, 1.165) is 13.2 Å². The molecule has 1 saturated heterocycles. The van der Waals surface area contributed by atoms with E-state index in [9.17, 15) is 0 Å². The van der Waals surface area contributed by atoms with Crippen molar-refractivity contribution < 1.29 is 0 Å². The third kappa shape index (κ3) is 3.05. The zero-order chi connectivity index (χ0) is 17.6. The van der Waals surface area contributed by atoms with Crippen molar-refractivity contribution >= 4 is 17.5 Å². The highest BCUT2D eigenvalue weighted by molar-refractivity contribution is 6.13. The number of aryl methyl sites for hydroxylation is 6. The van der Waals surface area contributed by atoms with Crippen LogP contribution in [0.25, 0.3) is 0 Å². The number of rotatable bonds is 2. The van der Waals surface area contributed by atoms with Crippen LogP contribution in [0.5, 0.6) is 0 Å². The molecule has 24 heavy (non-hydrogen) atoms. The molecule has 0 aromatic heterocycles. The third-order valence-corrected chi connectivity index (χ3v) is 5.29. The van der Waals surface area contributed by atoms with Crippen LogP contribution < -0.4 is 4.90 Å². The molecule has 0 saturated carbocycles. The number of anilines is 1. The SMILES string of the molecule is Cc1cc(C)c(C2CN(Cl)CN2c2c(C)cc(C)cc2C)c(C)c1. The van der Waals surface area contributed by atoms with Crippen LogP contribution in [0.4, 0.5) is 5.69 Å². The lowest BCUT2D eigenvalue weighted by Crippen LogP contribution is -2.27. The van der Waals surface area contributed by atoms with Crippen LogP contribution in [-0.4, -0.2) is 17.6 Å².